The van der Waals surface area contributed by atoms with Crippen LogP contribution in [0.2, 0.25) is 0 Å². The lowest BCUT2D eigenvalue weighted by Crippen LogP contribution is -2.39. The van der Waals surface area contributed by atoms with Crippen molar-refractivity contribution in [2.75, 3.05) is 7.05 Å². The lowest BCUT2D eigenvalue weighted by molar-refractivity contribution is 0.220. The molecule has 100 valence electrons. The van der Waals surface area contributed by atoms with Crippen LogP contribution in [0.25, 0.3) is 0 Å². The number of nitrogens with one attached hydrogen (secondary N) is 1. The molecular weight excluding hydrogens is 293 g/mol. The highest BCUT2D eigenvalue weighted by atomic mass is 79.9. The van der Waals surface area contributed by atoms with Gasteiger partial charge in [0.2, 0.25) is 0 Å². The lowest BCUT2D eigenvalue weighted by Gasteiger charge is -2.35. The first-order valence-electron chi connectivity index (χ1n) is 6.72. The third kappa shape index (κ3) is 3.12. The molecule has 0 bridgehead atoms. The lowest BCUT2D eigenvalue weighted by atomic mass is 9.76. The monoisotopic (exact) mass is 313 g/mol. The molecule has 0 amide bonds. The minimum atomic E-state index is -0.155. The summed E-state index contributed by atoms with van der Waals surface area (Å²) < 4.78 is 14.2. The molecule has 1 fully saturated rings. The minimum Gasteiger partial charge on any atom is -0.317 e. The molecule has 1 nitrogen and oxygen atoms in total. The van der Waals surface area contributed by atoms with Crippen molar-refractivity contribution in [3.63, 3.8) is 0 Å². The number of rotatable bonds is 3. The minimum absolute atomic E-state index is 0.155. The first-order valence-corrected chi connectivity index (χ1v) is 7.51. The van der Waals surface area contributed by atoms with Crippen molar-refractivity contribution in [1.82, 2.24) is 5.32 Å². The van der Waals surface area contributed by atoms with Gasteiger partial charge in [0.1, 0.15) is 5.82 Å². The summed E-state index contributed by atoms with van der Waals surface area (Å²) in [6.45, 7) is 2.32. The van der Waals surface area contributed by atoms with Crippen molar-refractivity contribution in [3.05, 3.63) is 34.1 Å². The molecule has 0 aliphatic heterocycles. The Morgan fingerprint density at radius 1 is 1.39 bits per heavy atom. The van der Waals surface area contributed by atoms with Crippen LogP contribution in [0.5, 0.6) is 0 Å². The first-order chi connectivity index (χ1) is 8.61. The van der Waals surface area contributed by atoms with E-state index in [0.717, 1.165) is 17.9 Å². The zero-order valence-electron chi connectivity index (χ0n) is 11.0. The van der Waals surface area contributed by atoms with Crippen molar-refractivity contribution < 1.29 is 4.39 Å². The molecule has 1 aliphatic rings. The smallest absolute Gasteiger partial charge is 0.137 e. The van der Waals surface area contributed by atoms with Crippen LogP contribution < -0.4 is 5.32 Å². The Morgan fingerprint density at radius 2 is 2.17 bits per heavy atom. The van der Waals surface area contributed by atoms with Crippen LogP contribution in [0.1, 0.15) is 31.7 Å². The van der Waals surface area contributed by atoms with Gasteiger partial charge in [-0.25, -0.2) is 4.39 Å². The number of hydrogen-bond donors (Lipinski definition) is 1. The van der Waals surface area contributed by atoms with Gasteiger partial charge >= 0.3 is 0 Å². The van der Waals surface area contributed by atoms with Crippen LogP contribution in [0.3, 0.4) is 0 Å². The Labute approximate surface area is 117 Å². The van der Waals surface area contributed by atoms with Crippen molar-refractivity contribution >= 4 is 15.9 Å². The molecule has 1 saturated carbocycles. The van der Waals surface area contributed by atoms with Crippen LogP contribution in [-0.2, 0) is 6.42 Å². The third-order valence-electron chi connectivity index (χ3n) is 4.13. The van der Waals surface area contributed by atoms with E-state index >= 15 is 0 Å². The summed E-state index contributed by atoms with van der Waals surface area (Å²) in [4.78, 5) is 0. The molecule has 0 spiro atoms. The summed E-state index contributed by atoms with van der Waals surface area (Å²) in [5.41, 5.74) is 1.09. The summed E-state index contributed by atoms with van der Waals surface area (Å²) in [5, 5.41) is 3.42. The van der Waals surface area contributed by atoms with Gasteiger partial charge in [-0.05, 0) is 72.1 Å². The maximum Gasteiger partial charge on any atom is 0.137 e. The maximum atomic E-state index is 13.5. The molecule has 1 aromatic carbocycles. The van der Waals surface area contributed by atoms with E-state index in [-0.39, 0.29) is 5.82 Å². The molecule has 3 heteroatoms. The first kappa shape index (κ1) is 14.0. The van der Waals surface area contributed by atoms with Crippen LogP contribution in [0.4, 0.5) is 4.39 Å². The zero-order valence-corrected chi connectivity index (χ0v) is 12.6. The maximum absolute atomic E-state index is 13.5. The van der Waals surface area contributed by atoms with E-state index < -0.39 is 0 Å². The Hall–Kier alpha value is -0.410. The van der Waals surface area contributed by atoms with Crippen LogP contribution in [0, 0.1) is 17.7 Å². The second kappa shape index (κ2) is 6.16. The summed E-state index contributed by atoms with van der Waals surface area (Å²) in [5.74, 6) is 1.24. The van der Waals surface area contributed by atoms with Crippen molar-refractivity contribution in [2.24, 2.45) is 11.8 Å². The van der Waals surface area contributed by atoms with E-state index in [4.69, 9.17) is 0 Å². The van der Waals surface area contributed by atoms with Gasteiger partial charge in [0, 0.05) is 6.04 Å². The SMILES string of the molecule is CNC1CCC(C)CC1Cc1cccc(F)c1Br. The fourth-order valence-electron chi connectivity index (χ4n) is 3.09. The molecule has 0 saturated heterocycles. The average Bonchev–Trinajstić information content (AvgIpc) is 2.35. The highest BCUT2D eigenvalue weighted by Crippen LogP contribution is 2.33. The van der Waals surface area contributed by atoms with Gasteiger partial charge in [0.25, 0.3) is 0 Å². The van der Waals surface area contributed by atoms with E-state index in [1.165, 1.54) is 25.3 Å². The molecule has 18 heavy (non-hydrogen) atoms. The number of hydrogen-bond acceptors (Lipinski definition) is 1. The second-order valence-electron chi connectivity index (χ2n) is 5.49. The van der Waals surface area contributed by atoms with Crippen molar-refractivity contribution in [1.29, 1.82) is 0 Å². The standard InChI is InChI=1S/C15H21BrFN/c1-10-6-7-14(18-2)12(8-10)9-11-4-3-5-13(17)15(11)16/h3-5,10,12,14,18H,6-9H2,1-2H3. The van der Waals surface area contributed by atoms with E-state index in [1.807, 2.05) is 13.1 Å². The highest BCUT2D eigenvalue weighted by molar-refractivity contribution is 9.10. The Balaban J connectivity index is 2.13. The molecule has 3 atom stereocenters. The van der Waals surface area contributed by atoms with E-state index in [0.29, 0.717) is 16.4 Å². The molecule has 2 rings (SSSR count). The van der Waals surface area contributed by atoms with Gasteiger partial charge in [-0.3, -0.25) is 0 Å². The molecule has 0 radical (unpaired) electrons. The topological polar surface area (TPSA) is 12.0 Å². The molecule has 3 unspecified atom stereocenters. The van der Waals surface area contributed by atoms with E-state index in [9.17, 15) is 4.39 Å². The van der Waals surface area contributed by atoms with Crippen molar-refractivity contribution in [2.45, 2.75) is 38.6 Å². The molecule has 0 aromatic heterocycles. The Bertz CT molecular complexity index is 407. The third-order valence-corrected chi connectivity index (χ3v) is 5.02. The van der Waals surface area contributed by atoms with E-state index in [1.54, 1.807) is 6.07 Å². The molecule has 1 N–H and O–H groups in total. The molecule has 1 aliphatic carbocycles. The quantitative estimate of drug-likeness (QED) is 0.883. The summed E-state index contributed by atoms with van der Waals surface area (Å²) in [6.07, 6.45) is 4.71. The van der Waals surface area contributed by atoms with Gasteiger partial charge in [-0.2, -0.15) is 0 Å². The predicted octanol–water partition coefficient (Wildman–Crippen LogP) is 4.15. The second-order valence-corrected chi connectivity index (χ2v) is 6.28. The fourth-order valence-corrected chi connectivity index (χ4v) is 3.52. The van der Waals surface area contributed by atoms with Crippen LogP contribution in [0.15, 0.2) is 22.7 Å². The molecular formula is C15H21BrFN. The summed E-state index contributed by atoms with van der Waals surface area (Å²) in [7, 11) is 2.04. The molecule has 1 aromatic rings. The highest BCUT2D eigenvalue weighted by Gasteiger charge is 2.28. The van der Waals surface area contributed by atoms with Crippen LogP contribution in [-0.4, -0.2) is 13.1 Å². The molecule has 0 heterocycles. The van der Waals surface area contributed by atoms with E-state index in [2.05, 4.69) is 28.2 Å². The zero-order chi connectivity index (χ0) is 13.1. The normalized spacial score (nSPS) is 28.3. The fraction of sp³-hybridized carbons (Fsp3) is 0.600. The van der Waals surface area contributed by atoms with Gasteiger partial charge in [0.05, 0.1) is 4.47 Å². The number of benzene rings is 1. The summed E-state index contributed by atoms with van der Waals surface area (Å²) >= 11 is 3.37. The van der Waals surface area contributed by atoms with Gasteiger partial charge < -0.3 is 5.32 Å². The predicted molar refractivity (Wildman–Crippen MR) is 77.2 cm³/mol. The van der Waals surface area contributed by atoms with Gasteiger partial charge in [-0.1, -0.05) is 19.1 Å². The average molecular weight is 314 g/mol. The van der Waals surface area contributed by atoms with Crippen molar-refractivity contribution in [3.8, 4) is 0 Å². The van der Waals surface area contributed by atoms with Gasteiger partial charge in [0.15, 0.2) is 0 Å². The van der Waals surface area contributed by atoms with Gasteiger partial charge in [-0.15, -0.1) is 0 Å². The summed E-state index contributed by atoms with van der Waals surface area (Å²) in [6, 6.07) is 5.90. The Kier molecular flexibility index (Phi) is 4.79. The Morgan fingerprint density at radius 3 is 2.89 bits per heavy atom. The largest absolute Gasteiger partial charge is 0.317 e. The van der Waals surface area contributed by atoms with Crippen LogP contribution >= 0.6 is 15.9 Å². The number of halogens is 2.